The van der Waals surface area contributed by atoms with Crippen molar-refractivity contribution in [2.45, 2.75) is 46.0 Å². The third-order valence-electron chi connectivity index (χ3n) is 4.75. The van der Waals surface area contributed by atoms with Crippen LogP contribution in [0.5, 0.6) is 0 Å². The highest BCUT2D eigenvalue weighted by Gasteiger charge is 2.16. The zero-order valence-electron chi connectivity index (χ0n) is 18.6. The van der Waals surface area contributed by atoms with Crippen molar-refractivity contribution in [3.05, 3.63) is 72.2 Å². The lowest BCUT2D eigenvalue weighted by atomic mass is 10.1. The second kappa shape index (κ2) is 13.7. The van der Waals surface area contributed by atoms with Crippen molar-refractivity contribution in [3.8, 4) is 0 Å². The predicted molar refractivity (Wildman–Crippen MR) is 125 cm³/mol. The fourth-order valence-corrected chi connectivity index (χ4v) is 3.11. The van der Waals surface area contributed by atoms with E-state index in [9.17, 15) is 9.59 Å². The topological polar surface area (TPSA) is 107 Å². The molecule has 0 spiro atoms. The maximum absolute atomic E-state index is 12.4. The Balaban J connectivity index is 1.95. The van der Waals surface area contributed by atoms with Crippen LogP contribution in [0.15, 0.2) is 66.7 Å². The van der Waals surface area contributed by atoms with E-state index < -0.39 is 0 Å². The molecule has 0 aliphatic rings. The van der Waals surface area contributed by atoms with Crippen LogP contribution in [0.25, 0.3) is 0 Å². The van der Waals surface area contributed by atoms with Crippen molar-refractivity contribution < 1.29 is 14.8 Å². The van der Waals surface area contributed by atoms with Crippen molar-refractivity contribution in [1.29, 1.82) is 0 Å². The summed E-state index contributed by atoms with van der Waals surface area (Å²) < 4.78 is 0. The number of amides is 2. The highest BCUT2D eigenvalue weighted by atomic mass is 16.5. The van der Waals surface area contributed by atoms with Crippen LogP contribution < -0.4 is 15.7 Å². The lowest BCUT2D eigenvalue weighted by Gasteiger charge is -2.23. The van der Waals surface area contributed by atoms with Gasteiger partial charge in [-0.3, -0.25) is 19.7 Å². The monoisotopic (exact) mass is 437 g/mol. The van der Waals surface area contributed by atoms with Crippen molar-refractivity contribution in [2.24, 2.45) is 0 Å². The Labute approximate surface area is 189 Å². The molecule has 0 fully saturated rings. The number of hydroxylamine groups is 1. The number of unbranched alkanes of at least 4 members (excludes halogenated alkanes) is 3. The smallest absolute Gasteiger partial charge is 0.254 e. The number of rotatable bonds is 12. The highest BCUT2D eigenvalue weighted by Crippen LogP contribution is 2.27. The van der Waals surface area contributed by atoms with Gasteiger partial charge in [-0.05, 0) is 44.9 Å². The van der Waals surface area contributed by atoms with Crippen LogP contribution in [-0.2, 0) is 4.79 Å². The van der Waals surface area contributed by atoms with Crippen LogP contribution in [0.2, 0.25) is 0 Å². The van der Waals surface area contributed by atoms with E-state index in [4.69, 9.17) is 5.21 Å². The SMILES string of the molecule is C/C=C\C(=C/C)N(c1ccccc1)c1ncc(C(=O)NCCCCCCC(=O)NO)cn1. The quantitative estimate of drug-likeness (QED) is 0.198. The number of carbonyl (C=O) groups is 2. The molecule has 2 amide bonds. The summed E-state index contributed by atoms with van der Waals surface area (Å²) in [4.78, 5) is 34.2. The van der Waals surface area contributed by atoms with Gasteiger partial charge in [0.25, 0.3) is 5.91 Å². The van der Waals surface area contributed by atoms with Crippen molar-refractivity contribution in [2.75, 3.05) is 11.4 Å². The number of nitrogens with one attached hydrogen (secondary N) is 2. The van der Waals surface area contributed by atoms with Gasteiger partial charge >= 0.3 is 0 Å². The zero-order chi connectivity index (χ0) is 23.2. The minimum absolute atomic E-state index is 0.220. The number of hydrogen-bond donors (Lipinski definition) is 3. The number of para-hydroxylation sites is 1. The molecule has 32 heavy (non-hydrogen) atoms. The summed E-state index contributed by atoms with van der Waals surface area (Å²) in [5.74, 6) is -0.118. The van der Waals surface area contributed by atoms with Gasteiger partial charge in [-0.25, -0.2) is 15.4 Å². The maximum atomic E-state index is 12.4. The van der Waals surface area contributed by atoms with Gasteiger partial charge in [-0.2, -0.15) is 0 Å². The summed E-state index contributed by atoms with van der Waals surface area (Å²) in [6.45, 7) is 4.44. The van der Waals surface area contributed by atoms with Gasteiger partial charge in [0.2, 0.25) is 11.9 Å². The van der Waals surface area contributed by atoms with E-state index in [0.29, 0.717) is 30.9 Å². The Morgan fingerprint density at radius 1 is 1.03 bits per heavy atom. The van der Waals surface area contributed by atoms with Crippen LogP contribution in [-0.4, -0.2) is 33.5 Å². The molecule has 1 aromatic carbocycles. The Morgan fingerprint density at radius 3 is 2.34 bits per heavy atom. The van der Waals surface area contributed by atoms with Crippen LogP contribution in [0.1, 0.15) is 56.3 Å². The van der Waals surface area contributed by atoms with Crippen LogP contribution in [0.4, 0.5) is 11.6 Å². The minimum Gasteiger partial charge on any atom is -0.352 e. The first-order valence-electron chi connectivity index (χ1n) is 10.8. The standard InChI is InChI=1S/C24H31N5O3/c1-3-12-20(4-2)29(21-13-8-7-9-14-21)24-26-17-19(18-27-24)23(31)25-16-11-6-5-10-15-22(30)28-32/h3-4,7-9,12-14,17-18,32H,5-6,10-11,15-16H2,1-2H3,(H,25,31)(H,28,30)/b12-3-,20-4+. The van der Waals surface area contributed by atoms with E-state index >= 15 is 0 Å². The summed E-state index contributed by atoms with van der Waals surface area (Å²) in [5, 5.41) is 11.3. The molecule has 3 N–H and O–H groups in total. The van der Waals surface area contributed by atoms with E-state index in [0.717, 1.165) is 30.6 Å². The van der Waals surface area contributed by atoms with E-state index in [1.54, 1.807) is 5.48 Å². The van der Waals surface area contributed by atoms with Crippen LogP contribution >= 0.6 is 0 Å². The molecule has 2 aromatic rings. The minimum atomic E-state index is -0.375. The molecule has 0 radical (unpaired) electrons. The Hall–Kier alpha value is -3.52. The molecule has 1 aromatic heterocycles. The van der Waals surface area contributed by atoms with Crippen molar-refractivity contribution >= 4 is 23.5 Å². The average Bonchev–Trinajstić information content (AvgIpc) is 2.83. The molecule has 0 bridgehead atoms. The summed E-state index contributed by atoms with van der Waals surface area (Å²) in [5.41, 5.74) is 3.86. The third-order valence-corrected chi connectivity index (χ3v) is 4.75. The van der Waals surface area contributed by atoms with Crippen molar-refractivity contribution in [1.82, 2.24) is 20.8 Å². The molecular weight excluding hydrogens is 406 g/mol. The Morgan fingerprint density at radius 2 is 1.72 bits per heavy atom. The molecule has 0 saturated carbocycles. The van der Waals surface area contributed by atoms with Crippen LogP contribution in [0, 0.1) is 0 Å². The largest absolute Gasteiger partial charge is 0.352 e. The molecule has 8 nitrogen and oxygen atoms in total. The first-order chi connectivity index (χ1) is 15.6. The molecule has 0 atom stereocenters. The molecule has 0 saturated heterocycles. The first-order valence-corrected chi connectivity index (χ1v) is 10.8. The lowest BCUT2D eigenvalue weighted by Crippen LogP contribution is -2.25. The predicted octanol–water partition coefficient (Wildman–Crippen LogP) is 4.28. The van der Waals surface area contributed by atoms with E-state index in [1.807, 2.05) is 67.3 Å². The molecular formula is C24H31N5O3. The number of benzene rings is 1. The number of carbonyl (C=O) groups excluding carboxylic acids is 2. The summed E-state index contributed by atoms with van der Waals surface area (Å²) in [6, 6.07) is 9.82. The molecule has 170 valence electrons. The molecule has 1 heterocycles. The summed E-state index contributed by atoms with van der Waals surface area (Å²) in [6.07, 6.45) is 12.5. The van der Waals surface area contributed by atoms with E-state index in [-0.39, 0.29) is 11.8 Å². The van der Waals surface area contributed by atoms with E-state index in [2.05, 4.69) is 15.3 Å². The fraction of sp³-hybridized carbons (Fsp3) is 0.333. The fourth-order valence-electron chi connectivity index (χ4n) is 3.11. The molecule has 8 heteroatoms. The van der Waals surface area contributed by atoms with Gasteiger partial charge in [0.1, 0.15) is 0 Å². The third kappa shape index (κ3) is 7.63. The lowest BCUT2D eigenvalue weighted by molar-refractivity contribution is -0.129. The van der Waals surface area contributed by atoms with Gasteiger partial charge in [0.15, 0.2) is 0 Å². The van der Waals surface area contributed by atoms with Gasteiger partial charge in [0.05, 0.1) is 5.56 Å². The summed E-state index contributed by atoms with van der Waals surface area (Å²) in [7, 11) is 0. The van der Waals surface area contributed by atoms with E-state index in [1.165, 1.54) is 12.4 Å². The Bertz CT molecular complexity index is 911. The first kappa shape index (κ1) is 24.7. The van der Waals surface area contributed by atoms with Gasteiger partial charge in [-0.15, -0.1) is 0 Å². The molecule has 0 aliphatic carbocycles. The average molecular weight is 438 g/mol. The second-order valence-corrected chi connectivity index (χ2v) is 7.11. The highest BCUT2D eigenvalue weighted by molar-refractivity contribution is 5.93. The number of anilines is 2. The number of aromatic nitrogens is 2. The second-order valence-electron chi connectivity index (χ2n) is 7.11. The van der Waals surface area contributed by atoms with Gasteiger partial charge < -0.3 is 5.32 Å². The zero-order valence-corrected chi connectivity index (χ0v) is 18.6. The number of nitrogens with zero attached hydrogens (tertiary/aromatic N) is 3. The molecule has 2 rings (SSSR count). The van der Waals surface area contributed by atoms with Gasteiger partial charge in [-0.1, -0.05) is 43.2 Å². The summed E-state index contributed by atoms with van der Waals surface area (Å²) >= 11 is 0. The maximum Gasteiger partial charge on any atom is 0.254 e. The normalized spacial score (nSPS) is 11.4. The van der Waals surface area contributed by atoms with Crippen LogP contribution in [0.3, 0.4) is 0 Å². The Kier molecular flexibility index (Phi) is 10.6. The van der Waals surface area contributed by atoms with Gasteiger partial charge in [0, 0.05) is 36.7 Å². The number of allylic oxidation sites excluding steroid dienone is 3. The van der Waals surface area contributed by atoms with Crippen molar-refractivity contribution in [3.63, 3.8) is 0 Å². The molecule has 0 unspecified atom stereocenters. The molecule has 0 aliphatic heterocycles. The number of hydrogen-bond acceptors (Lipinski definition) is 6.